The molecule has 0 bridgehead atoms. The van der Waals surface area contributed by atoms with Gasteiger partial charge in [-0.25, -0.2) is 0 Å². The van der Waals surface area contributed by atoms with Gasteiger partial charge in [-0.2, -0.15) is 0 Å². The lowest BCUT2D eigenvalue weighted by atomic mass is 10.1. The van der Waals surface area contributed by atoms with Crippen LogP contribution in [0.1, 0.15) is 12.5 Å². The maximum Gasteiger partial charge on any atom is 0.0917 e. The van der Waals surface area contributed by atoms with Crippen LogP contribution >= 0.6 is 0 Å². The van der Waals surface area contributed by atoms with Crippen LogP contribution in [0.4, 0.5) is 11.4 Å². The zero-order valence-corrected chi connectivity index (χ0v) is 11.1. The highest BCUT2D eigenvalue weighted by Crippen LogP contribution is 2.19. The van der Waals surface area contributed by atoms with Crippen LogP contribution in [0.2, 0.25) is 0 Å². The Hall–Kier alpha value is -1.26. The molecule has 1 aromatic rings. The van der Waals surface area contributed by atoms with E-state index in [9.17, 15) is 5.11 Å². The normalized spacial score (nSPS) is 14.7. The summed E-state index contributed by atoms with van der Waals surface area (Å²) < 4.78 is 0. The molecule has 4 heteroatoms. The molecule has 1 atom stereocenters. The Kier molecular flexibility index (Phi) is 4.37. The molecule has 1 unspecified atom stereocenters. The van der Waals surface area contributed by atoms with E-state index in [4.69, 9.17) is 5.73 Å². The molecule has 0 spiro atoms. The standard InChI is InChI=1S/C13H23N3O/c1-10-5-6-11(14)7-12(10)15-8-13(2,17)9-16(3)4/h5-7,15,17H,8-9,14H2,1-4H3. The van der Waals surface area contributed by atoms with Gasteiger partial charge in [0.25, 0.3) is 0 Å². The van der Waals surface area contributed by atoms with Gasteiger partial charge in [-0.1, -0.05) is 6.07 Å². The molecule has 0 aliphatic heterocycles. The van der Waals surface area contributed by atoms with Crippen LogP contribution in [0.3, 0.4) is 0 Å². The number of nitrogens with one attached hydrogen (secondary N) is 1. The first-order chi connectivity index (χ1) is 7.80. The van der Waals surface area contributed by atoms with E-state index in [0.29, 0.717) is 13.1 Å². The van der Waals surface area contributed by atoms with Crippen molar-refractivity contribution < 1.29 is 5.11 Å². The van der Waals surface area contributed by atoms with E-state index < -0.39 is 5.60 Å². The molecule has 0 amide bonds. The average molecular weight is 237 g/mol. The van der Waals surface area contributed by atoms with Crippen molar-refractivity contribution in [3.8, 4) is 0 Å². The first-order valence-electron chi connectivity index (χ1n) is 5.77. The van der Waals surface area contributed by atoms with Gasteiger partial charge in [0.05, 0.1) is 5.60 Å². The smallest absolute Gasteiger partial charge is 0.0917 e. The monoisotopic (exact) mass is 237 g/mol. The molecule has 1 aromatic carbocycles. The van der Waals surface area contributed by atoms with Crippen molar-refractivity contribution in [2.45, 2.75) is 19.4 Å². The second-order valence-corrected chi connectivity index (χ2v) is 5.16. The Bertz CT molecular complexity index is 375. The van der Waals surface area contributed by atoms with Crippen LogP contribution in [-0.4, -0.2) is 42.8 Å². The minimum atomic E-state index is -0.763. The molecule has 0 fully saturated rings. The zero-order chi connectivity index (χ0) is 13.1. The number of nitrogens with zero attached hydrogens (tertiary/aromatic N) is 1. The third kappa shape index (κ3) is 4.63. The summed E-state index contributed by atoms with van der Waals surface area (Å²) in [4.78, 5) is 1.97. The van der Waals surface area contributed by atoms with Crippen LogP contribution in [0.5, 0.6) is 0 Å². The molecule has 1 rings (SSSR count). The van der Waals surface area contributed by atoms with Crippen LogP contribution < -0.4 is 11.1 Å². The predicted molar refractivity (Wildman–Crippen MR) is 73.3 cm³/mol. The molecule has 0 heterocycles. The fourth-order valence-electron chi connectivity index (χ4n) is 1.85. The number of aliphatic hydroxyl groups is 1. The van der Waals surface area contributed by atoms with Gasteiger partial charge in [-0.3, -0.25) is 0 Å². The number of likely N-dealkylation sites (N-methyl/N-ethyl adjacent to an activating group) is 1. The van der Waals surface area contributed by atoms with E-state index in [2.05, 4.69) is 5.32 Å². The van der Waals surface area contributed by atoms with Crippen molar-refractivity contribution in [3.63, 3.8) is 0 Å². The predicted octanol–water partition coefficient (Wildman–Crippen LogP) is 1.30. The minimum Gasteiger partial charge on any atom is -0.399 e. The third-order valence-corrected chi connectivity index (χ3v) is 2.58. The van der Waals surface area contributed by atoms with Crippen molar-refractivity contribution >= 4 is 11.4 Å². The van der Waals surface area contributed by atoms with E-state index in [1.807, 2.05) is 51.0 Å². The van der Waals surface area contributed by atoms with Gasteiger partial charge < -0.3 is 21.1 Å². The fraction of sp³-hybridized carbons (Fsp3) is 0.538. The van der Waals surface area contributed by atoms with Gasteiger partial charge in [-0.05, 0) is 45.6 Å². The quantitative estimate of drug-likeness (QED) is 0.676. The maximum atomic E-state index is 10.2. The Morgan fingerprint density at radius 2 is 2.06 bits per heavy atom. The van der Waals surface area contributed by atoms with E-state index in [-0.39, 0.29) is 0 Å². The number of aryl methyl sites for hydroxylation is 1. The Labute approximate surface area is 103 Å². The number of nitrogens with two attached hydrogens (primary N) is 1. The van der Waals surface area contributed by atoms with Gasteiger partial charge in [0.15, 0.2) is 0 Å². The Morgan fingerprint density at radius 3 is 2.65 bits per heavy atom. The van der Waals surface area contributed by atoms with Gasteiger partial charge in [0.2, 0.25) is 0 Å². The first kappa shape index (κ1) is 13.8. The molecule has 0 aliphatic carbocycles. The lowest BCUT2D eigenvalue weighted by molar-refractivity contribution is 0.0460. The van der Waals surface area contributed by atoms with Crippen LogP contribution in [0.15, 0.2) is 18.2 Å². The molecule has 4 N–H and O–H groups in total. The number of hydrogen-bond donors (Lipinski definition) is 3. The van der Waals surface area contributed by atoms with Gasteiger partial charge in [0, 0.05) is 24.5 Å². The molecule has 4 nitrogen and oxygen atoms in total. The van der Waals surface area contributed by atoms with Crippen molar-refractivity contribution in [3.05, 3.63) is 23.8 Å². The number of rotatable bonds is 5. The van der Waals surface area contributed by atoms with Gasteiger partial charge in [0.1, 0.15) is 0 Å². The van der Waals surface area contributed by atoms with Crippen LogP contribution in [0, 0.1) is 6.92 Å². The van der Waals surface area contributed by atoms with E-state index in [1.165, 1.54) is 0 Å². The largest absolute Gasteiger partial charge is 0.399 e. The lowest BCUT2D eigenvalue weighted by Crippen LogP contribution is -2.43. The lowest BCUT2D eigenvalue weighted by Gasteiger charge is -2.28. The SMILES string of the molecule is Cc1ccc(N)cc1NCC(C)(O)CN(C)C. The zero-order valence-electron chi connectivity index (χ0n) is 11.1. The minimum absolute atomic E-state index is 0.496. The second kappa shape index (κ2) is 5.38. The number of benzene rings is 1. The highest BCUT2D eigenvalue weighted by Gasteiger charge is 2.21. The van der Waals surface area contributed by atoms with E-state index in [1.54, 1.807) is 0 Å². The molecule has 17 heavy (non-hydrogen) atoms. The summed E-state index contributed by atoms with van der Waals surface area (Å²) in [5.41, 5.74) is 7.80. The summed E-state index contributed by atoms with van der Waals surface area (Å²) in [5.74, 6) is 0. The molecule has 0 aromatic heterocycles. The summed E-state index contributed by atoms with van der Waals surface area (Å²) in [6.45, 7) is 4.95. The third-order valence-electron chi connectivity index (χ3n) is 2.58. The van der Waals surface area contributed by atoms with Crippen LogP contribution in [-0.2, 0) is 0 Å². The summed E-state index contributed by atoms with van der Waals surface area (Å²) in [6.07, 6.45) is 0. The molecule has 96 valence electrons. The topological polar surface area (TPSA) is 61.5 Å². The summed E-state index contributed by atoms with van der Waals surface area (Å²) in [6, 6.07) is 5.73. The summed E-state index contributed by atoms with van der Waals surface area (Å²) >= 11 is 0. The number of nitrogen functional groups attached to an aromatic ring is 1. The molecule has 0 saturated heterocycles. The van der Waals surface area contributed by atoms with Gasteiger partial charge in [-0.15, -0.1) is 0 Å². The number of anilines is 2. The molecular weight excluding hydrogens is 214 g/mol. The van der Waals surface area contributed by atoms with Crippen molar-refractivity contribution in [1.29, 1.82) is 0 Å². The number of hydrogen-bond acceptors (Lipinski definition) is 4. The average Bonchev–Trinajstić information content (AvgIpc) is 2.17. The van der Waals surface area contributed by atoms with Gasteiger partial charge >= 0.3 is 0 Å². The van der Waals surface area contributed by atoms with Crippen molar-refractivity contribution in [2.24, 2.45) is 0 Å². The van der Waals surface area contributed by atoms with E-state index >= 15 is 0 Å². The molecular formula is C13H23N3O. The Balaban J connectivity index is 2.63. The Morgan fingerprint density at radius 1 is 1.41 bits per heavy atom. The molecule has 0 aliphatic rings. The summed E-state index contributed by atoms with van der Waals surface area (Å²) in [7, 11) is 3.89. The fourth-order valence-corrected chi connectivity index (χ4v) is 1.85. The molecule has 0 saturated carbocycles. The highest BCUT2D eigenvalue weighted by atomic mass is 16.3. The highest BCUT2D eigenvalue weighted by molar-refractivity contribution is 5.59. The van der Waals surface area contributed by atoms with Crippen molar-refractivity contribution in [2.75, 3.05) is 38.2 Å². The maximum absolute atomic E-state index is 10.2. The second-order valence-electron chi connectivity index (χ2n) is 5.16. The summed E-state index contributed by atoms with van der Waals surface area (Å²) in [5, 5.41) is 13.4. The van der Waals surface area contributed by atoms with Crippen molar-refractivity contribution in [1.82, 2.24) is 4.90 Å². The molecule has 0 radical (unpaired) electrons. The first-order valence-corrected chi connectivity index (χ1v) is 5.77. The van der Waals surface area contributed by atoms with Crippen LogP contribution in [0.25, 0.3) is 0 Å². The van der Waals surface area contributed by atoms with E-state index in [0.717, 1.165) is 16.9 Å².